The van der Waals surface area contributed by atoms with Crippen LogP contribution in [0.2, 0.25) is 0 Å². The average molecular weight is 277 g/mol. The maximum Gasteiger partial charge on any atom is 0.389 e. The lowest BCUT2D eigenvalue weighted by molar-refractivity contribution is -0.136. The van der Waals surface area contributed by atoms with Gasteiger partial charge in [0.05, 0.1) is 13.2 Å². The molecule has 0 bridgehead atoms. The van der Waals surface area contributed by atoms with E-state index in [9.17, 15) is 13.2 Å². The fourth-order valence-corrected chi connectivity index (χ4v) is 1.69. The van der Waals surface area contributed by atoms with E-state index in [-0.39, 0.29) is 12.3 Å². The number of nitrogens with zero attached hydrogens (tertiary/aromatic N) is 2. The number of hydrogen-bond acceptors (Lipinski definition) is 4. The minimum absolute atomic E-state index is 0.0848. The van der Waals surface area contributed by atoms with Crippen LogP contribution in [0.4, 0.5) is 13.2 Å². The molecule has 108 valence electrons. The molecule has 19 heavy (non-hydrogen) atoms. The van der Waals surface area contributed by atoms with Crippen LogP contribution in [-0.4, -0.2) is 29.8 Å². The molecule has 0 fully saturated rings. The lowest BCUT2D eigenvalue weighted by atomic mass is 10.1. The van der Waals surface area contributed by atoms with Crippen LogP contribution in [0.25, 0.3) is 0 Å². The molecule has 1 heterocycles. The number of rotatable bonds is 7. The summed E-state index contributed by atoms with van der Waals surface area (Å²) < 4.78 is 42.1. The Bertz CT molecular complexity index is 385. The summed E-state index contributed by atoms with van der Waals surface area (Å²) in [7, 11) is 1.42. The van der Waals surface area contributed by atoms with Crippen LogP contribution in [-0.2, 0) is 0 Å². The van der Waals surface area contributed by atoms with Crippen molar-refractivity contribution in [2.45, 2.75) is 38.4 Å². The molecule has 0 aliphatic carbocycles. The van der Waals surface area contributed by atoms with Crippen LogP contribution in [0, 0.1) is 0 Å². The highest BCUT2D eigenvalue weighted by atomic mass is 19.4. The molecule has 1 unspecified atom stereocenters. The third-order valence-corrected chi connectivity index (χ3v) is 2.57. The summed E-state index contributed by atoms with van der Waals surface area (Å²) in [6.45, 7) is 2.56. The van der Waals surface area contributed by atoms with Gasteiger partial charge in [0, 0.05) is 18.8 Å². The molecule has 7 heteroatoms. The molecule has 1 aromatic rings. The molecule has 0 aliphatic rings. The predicted octanol–water partition coefficient (Wildman–Crippen LogP) is 2.87. The Balaban J connectivity index is 2.82. The van der Waals surface area contributed by atoms with Gasteiger partial charge in [0.15, 0.2) is 0 Å². The van der Waals surface area contributed by atoms with Gasteiger partial charge in [-0.3, -0.25) is 4.98 Å². The van der Waals surface area contributed by atoms with E-state index in [0.29, 0.717) is 12.2 Å². The maximum absolute atomic E-state index is 12.3. The molecule has 4 nitrogen and oxygen atoms in total. The van der Waals surface area contributed by atoms with Crippen molar-refractivity contribution in [3.8, 4) is 5.88 Å². The number of ether oxygens (including phenoxy) is 1. The van der Waals surface area contributed by atoms with E-state index in [1.807, 2.05) is 6.92 Å². The lowest BCUT2D eigenvalue weighted by Crippen LogP contribution is -2.25. The van der Waals surface area contributed by atoms with Gasteiger partial charge < -0.3 is 10.1 Å². The molecule has 1 aromatic heterocycles. The van der Waals surface area contributed by atoms with E-state index in [1.165, 1.54) is 19.5 Å². The molecular weight excluding hydrogens is 259 g/mol. The highest BCUT2D eigenvalue weighted by Gasteiger charge is 2.30. The minimum atomic E-state index is -4.18. The number of aromatic nitrogens is 2. The van der Waals surface area contributed by atoms with Crippen LogP contribution >= 0.6 is 0 Å². The number of hydrogen-bond donors (Lipinski definition) is 1. The third-order valence-electron chi connectivity index (χ3n) is 2.57. The zero-order chi connectivity index (χ0) is 14.3. The largest absolute Gasteiger partial charge is 0.480 e. The van der Waals surface area contributed by atoms with Crippen molar-refractivity contribution < 1.29 is 17.9 Å². The van der Waals surface area contributed by atoms with Crippen molar-refractivity contribution in [1.82, 2.24) is 15.3 Å². The van der Waals surface area contributed by atoms with Crippen LogP contribution < -0.4 is 10.1 Å². The van der Waals surface area contributed by atoms with Crippen molar-refractivity contribution in [1.29, 1.82) is 0 Å². The fraction of sp³-hybridized carbons (Fsp3) is 0.667. The summed E-state index contributed by atoms with van der Waals surface area (Å²) in [5.74, 6) is 0.262. The molecule has 0 saturated heterocycles. The van der Waals surface area contributed by atoms with Crippen molar-refractivity contribution in [3.05, 3.63) is 18.1 Å². The molecule has 1 N–H and O–H groups in total. The highest BCUT2D eigenvalue weighted by Crippen LogP contribution is 2.29. The molecule has 0 aliphatic heterocycles. The van der Waals surface area contributed by atoms with Gasteiger partial charge in [-0.25, -0.2) is 4.98 Å². The SMILES string of the molecule is CCCNC(CCC(F)(F)F)c1nccnc1OC. The van der Waals surface area contributed by atoms with Crippen LogP contribution in [0.5, 0.6) is 5.88 Å². The average Bonchev–Trinajstić information content (AvgIpc) is 2.38. The normalized spacial score (nSPS) is 13.3. The number of methoxy groups -OCH3 is 1. The second-order valence-corrected chi connectivity index (χ2v) is 4.11. The Morgan fingerprint density at radius 2 is 2.00 bits per heavy atom. The van der Waals surface area contributed by atoms with Crippen LogP contribution in [0.3, 0.4) is 0 Å². The molecule has 0 spiro atoms. The standard InChI is InChI=1S/C12H18F3N3O/c1-3-6-16-9(4-5-12(13,14)15)10-11(19-2)18-8-7-17-10/h7-9,16H,3-6H2,1-2H3. The zero-order valence-corrected chi connectivity index (χ0v) is 11.0. The molecule has 0 aromatic carbocycles. The summed E-state index contributed by atoms with van der Waals surface area (Å²) >= 11 is 0. The monoisotopic (exact) mass is 277 g/mol. The smallest absolute Gasteiger partial charge is 0.389 e. The predicted molar refractivity (Wildman–Crippen MR) is 64.9 cm³/mol. The number of halogens is 3. The van der Waals surface area contributed by atoms with E-state index in [4.69, 9.17) is 4.74 Å². The minimum Gasteiger partial charge on any atom is -0.480 e. The van der Waals surface area contributed by atoms with Gasteiger partial charge in [-0.15, -0.1) is 0 Å². The summed E-state index contributed by atoms with van der Waals surface area (Å²) in [6, 6.07) is -0.509. The first-order chi connectivity index (χ1) is 8.98. The maximum atomic E-state index is 12.3. The van der Waals surface area contributed by atoms with Gasteiger partial charge in [0.25, 0.3) is 0 Å². The molecule has 0 radical (unpaired) electrons. The molecule has 0 saturated carbocycles. The van der Waals surface area contributed by atoms with E-state index in [1.54, 1.807) is 0 Å². The van der Waals surface area contributed by atoms with Gasteiger partial charge in [0.1, 0.15) is 5.69 Å². The third kappa shape index (κ3) is 5.42. The van der Waals surface area contributed by atoms with Gasteiger partial charge in [-0.05, 0) is 19.4 Å². The fourth-order valence-electron chi connectivity index (χ4n) is 1.69. The van der Waals surface area contributed by atoms with Gasteiger partial charge in [-0.1, -0.05) is 6.92 Å². The van der Waals surface area contributed by atoms with Crippen molar-refractivity contribution in [2.75, 3.05) is 13.7 Å². The molecule has 1 rings (SSSR count). The second-order valence-electron chi connectivity index (χ2n) is 4.11. The zero-order valence-electron chi connectivity index (χ0n) is 11.0. The Labute approximate surface area is 110 Å². The summed E-state index contributed by atoms with van der Waals surface area (Å²) in [4.78, 5) is 8.05. The lowest BCUT2D eigenvalue weighted by Gasteiger charge is -2.20. The van der Waals surface area contributed by atoms with E-state index >= 15 is 0 Å². The summed E-state index contributed by atoms with van der Waals surface area (Å²) in [5, 5.41) is 3.05. The molecule has 1 atom stereocenters. The number of nitrogens with one attached hydrogen (secondary N) is 1. The van der Waals surface area contributed by atoms with Gasteiger partial charge in [0.2, 0.25) is 5.88 Å². The topological polar surface area (TPSA) is 47.0 Å². The van der Waals surface area contributed by atoms with Gasteiger partial charge in [-0.2, -0.15) is 13.2 Å². The van der Waals surface area contributed by atoms with Crippen molar-refractivity contribution >= 4 is 0 Å². The molecular formula is C12H18F3N3O. The highest BCUT2D eigenvalue weighted by molar-refractivity contribution is 5.21. The van der Waals surface area contributed by atoms with E-state index < -0.39 is 18.6 Å². The first kappa shape index (κ1) is 15.7. The van der Waals surface area contributed by atoms with Crippen molar-refractivity contribution in [2.24, 2.45) is 0 Å². The number of alkyl halides is 3. The second kappa shape index (κ2) is 7.28. The van der Waals surface area contributed by atoms with Crippen molar-refractivity contribution in [3.63, 3.8) is 0 Å². The summed E-state index contributed by atoms with van der Waals surface area (Å²) in [5.41, 5.74) is 0.419. The summed E-state index contributed by atoms with van der Waals surface area (Å²) in [6.07, 6.45) is -1.41. The Morgan fingerprint density at radius 1 is 1.32 bits per heavy atom. The quantitative estimate of drug-likeness (QED) is 0.832. The Kier molecular flexibility index (Phi) is 6.01. The molecule has 0 amide bonds. The Hall–Kier alpha value is -1.37. The first-order valence-electron chi connectivity index (χ1n) is 6.13. The van der Waals surface area contributed by atoms with Crippen LogP contribution in [0.1, 0.15) is 37.9 Å². The van der Waals surface area contributed by atoms with Crippen LogP contribution in [0.15, 0.2) is 12.4 Å². The van der Waals surface area contributed by atoms with E-state index in [0.717, 1.165) is 6.42 Å². The first-order valence-corrected chi connectivity index (χ1v) is 6.13. The van der Waals surface area contributed by atoms with E-state index in [2.05, 4.69) is 15.3 Å². The Morgan fingerprint density at radius 3 is 2.58 bits per heavy atom. The van der Waals surface area contributed by atoms with Gasteiger partial charge >= 0.3 is 6.18 Å².